The van der Waals surface area contributed by atoms with Crippen LogP contribution in [-0.4, -0.2) is 43.1 Å². The molecule has 0 bridgehead atoms. The number of aliphatic carboxylic acids is 1. The van der Waals surface area contributed by atoms with Crippen molar-refractivity contribution in [3.05, 3.63) is 24.3 Å². The van der Waals surface area contributed by atoms with Gasteiger partial charge in [-0.25, -0.2) is 4.79 Å². The lowest BCUT2D eigenvalue weighted by Gasteiger charge is -2.20. The van der Waals surface area contributed by atoms with Crippen molar-refractivity contribution in [2.75, 3.05) is 25.1 Å². The summed E-state index contributed by atoms with van der Waals surface area (Å²) in [6, 6.07) is 6.46. The standard InChI is InChI=1S/C17H24N2O5/c1-17(2,3)9-14(20)18-10-15(21)19(4)12-5-7-13(8-6-12)24-11-16(22)23/h5-8H,9-11H2,1-4H3,(H,18,20)(H,22,23). The summed E-state index contributed by atoms with van der Waals surface area (Å²) in [7, 11) is 1.60. The number of nitrogens with one attached hydrogen (secondary N) is 1. The van der Waals surface area contributed by atoms with E-state index in [9.17, 15) is 14.4 Å². The maximum Gasteiger partial charge on any atom is 0.341 e. The van der Waals surface area contributed by atoms with Crippen LogP contribution in [0.2, 0.25) is 0 Å². The minimum atomic E-state index is -1.06. The molecule has 1 rings (SSSR count). The number of carboxylic acids is 1. The van der Waals surface area contributed by atoms with E-state index in [1.165, 1.54) is 4.90 Å². The molecule has 1 aromatic carbocycles. The van der Waals surface area contributed by atoms with Gasteiger partial charge in [-0.05, 0) is 29.7 Å². The summed E-state index contributed by atoms with van der Waals surface area (Å²) < 4.78 is 5.03. The number of nitrogens with zero attached hydrogens (tertiary/aromatic N) is 1. The maximum absolute atomic E-state index is 12.1. The normalized spacial score (nSPS) is 10.8. The monoisotopic (exact) mass is 336 g/mol. The van der Waals surface area contributed by atoms with E-state index in [1.807, 2.05) is 20.8 Å². The topological polar surface area (TPSA) is 95.9 Å². The first-order valence-electron chi connectivity index (χ1n) is 7.56. The Morgan fingerprint density at radius 1 is 1.17 bits per heavy atom. The Kier molecular flexibility index (Phi) is 6.76. The van der Waals surface area contributed by atoms with Gasteiger partial charge in [-0.1, -0.05) is 20.8 Å². The van der Waals surface area contributed by atoms with Crippen molar-refractivity contribution >= 4 is 23.5 Å². The SMILES string of the molecule is CN(C(=O)CNC(=O)CC(C)(C)C)c1ccc(OCC(=O)O)cc1. The fraction of sp³-hybridized carbons (Fsp3) is 0.471. The average Bonchev–Trinajstić information content (AvgIpc) is 2.48. The highest BCUT2D eigenvalue weighted by atomic mass is 16.5. The molecule has 0 aliphatic carbocycles. The Morgan fingerprint density at radius 3 is 2.25 bits per heavy atom. The molecule has 1 aromatic rings. The molecule has 2 N–H and O–H groups in total. The fourth-order valence-corrected chi connectivity index (χ4v) is 1.89. The van der Waals surface area contributed by atoms with Gasteiger partial charge >= 0.3 is 5.97 Å². The number of hydrogen-bond donors (Lipinski definition) is 2. The number of anilines is 1. The van der Waals surface area contributed by atoms with Gasteiger partial charge in [0.1, 0.15) is 5.75 Å². The number of carbonyl (C=O) groups excluding carboxylic acids is 2. The van der Waals surface area contributed by atoms with Crippen molar-refractivity contribution in [3.8, 4) is 5.75 Å². The minimum absolute atomic E-state index is 0.0807. The van der Waals surface area contributed by atoms with Gasteiger partial charge in [-0.2, -0.15) is 0 Å². The average molecular weight is 336 g/mol. The molecule has 0 saturated carbocycles. The molecule has 0 heterocycles. The summed E-state index contributed by atoms with van der Waals surface area (Å²) in [5, 5.41) is 11.2. The molecule has 7 nitrogen and oxygen atoms in total. The zero-order chi connectivity index (χ0) is 18.3. The van der Waals surface area contributed by atoms with Gasteiger partial charge in [-0.3, -0.25) is 9.59 Å². The lowest BCUT2D eigenvalue weighted by molar-refractivity contribution is -0.139. The Hall–Kier alpha value is -2.57. The molecule has 0 saturated heterocycles. The molecule has 0 fully saturated rings. The summed E-state index contributed by atoms with van der Waals surface area (Å²) >= 11 is 0. The molecule has 0 spiro atoms. The number of ether oxygens (including phenoxy) is 1. The van der Waals surface area contributed by atoms with Crippen LogP contribution in [-0.2, 0) is 14.4 Å². The molecule has 0 atom stereocenters. The van der Waals surface area contributed by atoms with Crippen LogP contribution in [0.5, 0.6) is 5.75 Å². The lowest BCUT2D eigenvalue weighted by atomic mass is 9.92. The Balaban J connectivity index is 2.53. The third-order valence-corrected chi connectivity index (χ3v) is 3.09. The van der Waals surface area contributed by atoms with Crippen LogP contribution in [0.4, 0.5) is 5.69 Å². The van der Waals surface area contributed by atoms with Gasteiger partial charge < -0.3 is 20.1 Å². The van der Waals surface area contributed by atoms with Gasteiger partial charge in [0, 0.05) is 19.2 Å². The number of carboxylic acid groups (broad SMARTS) is 1. The highest BCUT2D eigenvalue weighted by molar-refractivity contribution is 5.96. The van der Waals surface area contributed by atoms with Crippen LogP contribution in [0, 0.1) is 5.41 Å². The number of rotatable bonds is 7. The first kappa shape index (κ1) is 19.5. The summed E-state index contributed by atoms with van der Waals surface area (Å²) in [5.74, 6) is -1.07. The van der Waals surface area contributed by atoms with E-state index in [4.69, 9.17) is 9.84 Å². The van der Waals surface area contributed by atoms with Crippen LogP contribution >= 0.6 is 0 Å². The van der Waals surface area contributed by atoms with Gasteiger partial charge in [0.15, 0.2) is 6.61 Å². The zero-order valence-electron chi connectivity index (χ0n) is 14.5. The van der Waals surface area contributed by atoms with Crippen molar-refractivity contribution < 1.29 is 24.2 Å². The lowest BCUT2D eigenvalue weighted by Crippen LogP contribution is -2.39. The second-order valence-electron chi connectivity index (χ2n) is 6.64. The molecule has 0 aliphatic heterocycles. The number of carbonyl (C=O) groups is 3. The molecule has 0 unspecified atom stereocenters. The molecule has 132 valence electrons. The van der Waals surface area contributed by atoms with Crippen molar-refractivity contribution in [3.63, 3.8) is 0 Å². The van der Waals surface area contributed by atoms with E-state index < -0.39 is 12.6 Å². The molecule has 2 amide bonds. The van der Waals surface area contributed by atoms with Crippen LogP contribution < -0.4 is 15.0 Å². The Morgan fingerprint density at radius 2 is 1.75 bits per heavy atom. The van der Waals surface area contributed by atoms with Gasteiger partial charge in [0.25, 0.3) is 0 Å². The molecule has 0 aliphatic rings. The molecular weight excluding hydrogens is 312 g/mol. The van der Waals surface area contributed by atoms with Crippen molar-refractivity contribution in [1.82, 2.24) is 5.32 Å². The van der Waals surface area contributed by atoms with Gasteiger partial charge in [0.05, 0.1) is 6.54 Å². The van der Waals surface area contributed by atoms with Crippen molar-refractivity contribution in [1.29, 1.82) is 0 Å². The van der Waals surface area contributed by atoms with Crippen LogP contribution in [0.25, 0.3) is 0 Å². The van der Waals surface area contributed by atoms with E-state index >= 15 is 0 Å². The first-order valence-corrected chi connectivity index (χ1v) is 7.56. The molecule has 24 heavy (non-hydrogen) atoms. The number of hydrogen-bond acceptors (Lipinski definition) is 4. The fourth-order valence-electron chi connectivity index (χ4n) is 1.89. The third kappa shape index (κ3) is 7.13. The number of likely N-dealkylation sites (N-methyl/N-ethyl adjacent to an activating group) is 1. The quantitative estimate of drug-likeness (QED) is 0.789. The summed E-state index contributed by atoms with van der Waals surface area (Å²) in [6.45, 7) is 5.36. The Labute approximate surface area is 141 Å². The highest BCUT2D eigenvalue weighted by Crippen LogP contribution is 2.19. The van der Waals surface area contributed by atoms with Crippen LogP contribution in [0.3, 0.4) is 0 Å². The molecule has 0 aromatic heterocycles. The first-order chi connectivity index (χ1) is 11.1. The number of benzene rings is 1. The van der Waals surface area contributed by atoms with E-state index in [1.54, 1.807) is 31.3 Å². The van der Waals surface area contributed by atoms with Gasteiger partial charge in [0.2, 0.25) is 11.8 Å². The second-order valence-corrected chi connectivity index (χ2v) is 6.64. The van der Waals surface area contributed by atoms with E-state index in [2.05, 4.69) is 5.32 Å². The van der Waals surface area contributed by atoms with E-state index in [0.717, 1.165) is 0 Å². The molecular formula is C17H24N2O5. The maximum atomic E-state index is 12.1. The second kappa shape index (κ2) is 8.33. The number of amides is 2. The minimum Gasteiger partial charge on any atom is -0.482 e. The highest BCUT2D eigenvalue weighted by Gasteiger charge is 2.17. The molecule has 7 heteroatoms. The van der Waals surface area contributed by atoms with Crippen LogP contribution in [0.1, 0.15) is 27.2 Å². The largest absolute Gasteiger partial charge is 0.482 e. The van der Waals surface area contributed by atoms with Crippen LogP contribution in [0.15, 0.2) is 24.3 Å². The van der Waals surface area contributed by atoms with Gasteiger partial charge in [-0.15, -0.1) is 0 Å². The summed E-state index contributed by atoms with van der Waals surface area (Å²) in [4.78, 5) is 35.7. The zero-order valence-corrected chi connectivity index (χ0v) is 14.5. The predicted octanol–water partition coefficient (Wildman–Crippen LogP) is 1.67. The summed E-state index contributed by atoms with van der Waals surface area (Å²) in [6.07, 6.45) is 0.347. The van der Waals surface area contributed by atoms with E-state index in [-0.39, 0.29) is 23.8 Å². The Bertz CT molecular complexity index is 590. The molecule has 0 radical (unpaired) electrons. The summed E-state index contributed by atoms with van der Waals surface area (Å²) in [5.41, 5.74) is 0.484. The van der Waals surface area contributed by atoms with E-state index in [0.29, 0.717) is 17.9 Å². The van der Waals surface area contributed by atoms with Crippen molar-refractivity contribution in [2.24, 2.45) is 5.41 Å². The smallest absolute Gasteiger partial charge is 0.341 e. The predicted molar refractivity (Wildman–Crippen MR) is 90.1 cm³/mol. The van der Waals surface area contributed by atoms with Crippen molar-refractivity contribution in [2.45, 2.75) is 27.2 Å². The third-order valence-electron chi connectivity index (χ3n) is 3.09.